The number of fused-ring (bicyclic) bond motifs is 1. The van der Waals surface area contributed by atoms with Crippen LogP contribution in [0.25, 0.3) is 10.9 Å². The van der Waals surface area contributed by atoms with E-state index in [4.69, 9.17) is 4.98 Å². The minimum atomic E-state index is 0. The molecule has 0 bridgehead atoms. The van der Waals surface area contributed by atoms with Gasteiger partial charge in [0.15, 0.2) is 5.96 Å². The van der Waals surface area contributed by atoms with E-state index in [1.165, 1.54) is 5.56 Å². The van der Waals surface area contributed by atoms with Crippen molar-refractivity contribution in [2.45, 2.75) is 13.1 Å². The zero-order valence-corrected chi connectivity index (χ0v) is 19.2. The summed E-state index contributed by atoms with van der Waals surface area (Å²) in [5.74, 6) is 2.61. The summed E-state index contributed by atoms with van der Waals surface area (Å²) in [6.45, 7) is 1.27. The molecule has 0 saturated heterocycles. The number of aromatic nitrogens is 4. The van der Waals surface area contributed by atoms with Crippen molar-refractivity contribution >= 4 is 46.7 Å². The lowest BCUT2D eigenvalue weighted by atomic mass is 10.1. The number of rotatable bonds is 5. The fraction of sp³-hybridized carbons (Fsp3) is 0.368. The molecule has 8 nitrogen and oxygen atoms in total. The second-order valence-corrected chi connectivity index (χ2v) is 6.61. The molecule has 0 fully saturated rings. The van der Waals surface area contributed by atoms with Crippen molar-refractivity contribution < 1.29 is 0 Å². The predicted octanol–water partition coefficient (Wildman–Crippen LogP) is 2.25. The van der Waals surface area contributed by atoms with E-state index in [2.05, 4.69) is 32.5 Å². The number of pyridine rings is 1. The highest BCUT2D eigenvalue weighted by Gasteiger charge is 2.12. The van der Waals surface area contributed by atoms with Crippen molar-refractivity contribution in [3.05, 3.63) is 48.0 Å². The smallest absolute Gasteiger partial charge is 0.194 e. The van der Waals surface area contributed by atoms with E-state index in [1.807, 2.05) is 56.2 Å². The Morgan fingerprint density at radius 1 is 1.21 bits per heavy atom. The van der Waals surface area contributed by atoms with Crippen LogP contribution in [0.5, 0.6) is 0 Å². The van der Waals surface area contributed by atoms with Gasteiger partial charge in [0, 0.05) is 47.2 Å². The first-order valence-electron chi connectivity index (χ1n) is 8.80. The van der Waals surface area contributed by atoms with Gasteiger partial charge >= 0.3 is 0 Å². The summed E-state index contributed by atoms with van der Waals surface area (Å²) >= 11 is 0. The lowest BCUT2D eigenvalue weighted by Gasteiger charge is -2.22. The standard InChI is InChI=1S/C19H26N8.HI/c1-20-19(26(4)12-18-22-13-23-27(18)5)21-11-14-10-17(25(2)3)24-16-9-7-6-8-15(14)16;/h6-10,13H,11-12H2,1-5H3,(H,20,21);1H. The lowest BCUT2D eigenvalue weighted by molar-refractivity contribution is 0.448. The van der Waals surface area contributed by atoms with Gasteiger partial charge < -0.3 is 15.1 Å². The average Bonchev–Trinajstić information content (AvgIpc) is 3.06. The van der Waals surface area contributed by atoms with Gasteiger partial charge in [-0.25, -0.2) is 9.97 Å². The van der Waals surface area contributed by atoms with Crippen LogP contribution in [-0.2, 0) is 20.1 Å². The highest BCUT2D eigenvalue weighted by Crippen LogP contribution is 2.22. The maximum Gasteiger partial charge on any atom is 0.194 e. The van der Waals surface area contributed by atoms with Crippen molar-refractivity contribution in [3.63, 3.8) is 0 Å². The Bertz CT molecular complexity index is 950. The topological polar surface area (TPSA) is 74.5 Å². The third kappa shape index (κ3) is 4.89. The molecule has 0 aliphatic carbocycles. The third-order valence-electron chi connectivity index (χ3n) is 4.44. The van der Waals surface area contributed by atoms with E-state index in [-0.39, 0.29) is 24.0 Å². The van der Waals surface area contributed by atoms with Crippen molar-refractivity contribution in [3.8, 4) is 0 Å². The molecule has 3 rings (SSSR count). The maximum atomic E-state index is 4.72. The molecule has 0 aliphatic rings. The van der Waals surface area contributed by atoms with Crippen LogP contribution >= 0.6 is 24.0 Å². The van der Waals surface area contributed by atoms with E-state index < -0.39 is 0 Å². The number of hydrogen-bond donors (Lipinski definition) is 1. The van der Waals surface area contributed by atoms with Crippen molar-refractivity contribution in [2.24, 2.45) is 12.0 Å². The molecule has 3 aromatic rings. The van der Waals surface area contributed by atoms with Crippen LogP contribution in [0.1, 0.15) is 11.4 Å². The van der Waals surface area contributed by atoms with E-state index in [0.29, 0.717) is 13.1 Å². The van der Waals surface area contributed by atoms with E-state index >= 15 is 0 Å². The SMILES string of the molecule is CN=C(NCc1cc(N(C)C)nc2ccccc12)N(C)Cc1ncnn1C.I. The van der Waals surface area contributed by atoms with Crippen LogP contribution in [-0.4, -0.2) is 58.8 Å². The lowest BCUT2D eigenvalue weighted by Crippen LogP contribution is -2.38. The number of aliphatic imine (C=N–C) groups is 1. The summed E-state index contributed by atoms with van der Waals surface area (Å²) in [6, 6.07) is 10.3. The number of para-hydroxylation sites is 1. The predicted molar refractivity (Wildman–Crippen MR) is 124 cm³/mol. The molecule has 2 aromatic heterocycles. The zero-order valence-electron chi connectivity index (χ0n) is 16.9. The number of benzene rings is 1. The van der Waals surface area contributed by atoms with Crippen molar-refractivity contribution in [1.29, 1.82) is 0 Å². The van der Waals surface area contributed by atoms with Gasteiger partial charge in [-0.3, -0.25) is 9.67 Å². The Morgan fingerprint density at radius 3 is 2.61 bits per heavy atom. The molecule has 0 aliphatic heterocycles. The van der Waals surface area contributed by atoms with Crippen LogP contribution in [0.2, 0.25) is 0 Å². The maximum absolute atomic E-state index is 4.72. The summed E-state index contributed by atoms with van der Waals surface area (Å²) in [5, 5.41) is 8.70. The van der Waals surface area contributed by atoms with Gasteiger partial charge in [-0.05, 0) is 17.7 Å². The zero-order chi connectivity index (χ0) is 19.4. The van der Waals surface area contributed by atoms with Crippen LogP contribution in [0.3, 0.4) is 0 Å². The quantitative estimate of drug-likeness (QED) is 0.333. The van der Waals surface area contributed by atoms with Gasteiger partial charge in [0.05, 0.1) is 12.1 Å². The van der Waals surface area contributed by atoms with Crippen LogP contribution in [0.15, 0.2) is 41.7 Å². The van der Waals surface area contributed by atoms with Gasteiger partial charge in [0.1, 0.15) is 18.0 Å². The third-order valence-corrected chi connectivity index (χ3v) is 4.44. The fourth-order valence-electron chi connectivity index (χ4n) is 2.92. The molecule has 150 valence electrons. The van der Waals surface area contributed by atoms with Crippen LogP contribution < -0.4 is 10.2 Å². The van der Waals surface area contributed by atoms with E-state index in [9.17, 15) is 0 Å². The fourth-order valence-corrected chi connectivity index (χ4v) is 2.92. The molecule has 1 aromatic carbocycles. The van der Waals surface area contributed by atoms with E-state index in [1.54, 1.807) is 18.1 Å². The van der Waals surface area contributed by atoms with Gasteiger partial charge in [0.25, 0.3) is 0 Å². The van der Waals surface area contributed by atoms with E-state index in [0.717, 1.165) is 28.5 Å². The molecule has 0 spiro atoms. The van der Waals surface area contributed by atoms with Gasteiger partial charge in [-0.15, -0.1) is 24.0 Å². The second kappa shape index (κ2) is 9.67. The van der Waals surface area contributed by atoms with Gasteiger partial charge in [-0.1, -0.05) is 18.2 Å². The monoisotopic (exact) mass is 494 g/mol. The number of nitrogens with zero attached hydrogens (tertiary/aromatic N) is 7. The summed E-state index contributed by atoms with van der Waals surface area (Å²) in [7, 11) is 9.66. The normalized spacial score (nSPS) is 11.2. The molecule has 1 N–H and O–H groups in total. The average molecular weight is 494 g/mol. The van der Waals surface area contributed by atoms with Crippen molar-refractivity contribution in [1.82, 2.24) is 30.0 Å². The molecular weight excluding hydrogens is 467 g/mol. The first-order valence-corrected chi connectivity index (χ1v) is 8.80. The Kier molecular flexibility index (Phi) is 7.55. The molecule has 0 radical (unpaired) electrons. The minimum absolute atomic E-state index is 0. The Morgan fingerprint density at radius 2 is 1.96 bits per heavy atom. The number of nitrogens with one attached hydrogen (secondary N) is 1. The summed E-state index contributed by atoms with van der Waals surface area (Å²) in [4.78, 5) is 17.4. The molecular formula is C19H27IN8. The number of hydrogen-bond acceptors (Lipinski definition) is 5. The molecule has 0 saturated carbocycles. The summed E-state index contributed by atoms with van der Waals surface area (Å²) < 4.78 is 1.77. The first kappa shape index (κ1) is 21.9. The molecule has 0 amide bonds. The Labute approximate surface area is 182 Å². The minimum Gasteiger partial charge on any atom is -0.363 e. The molecule has 0 unspecified atom stereocenters. The largest absolute Gasteiger partial charge is 0.363 e. The number of guanidine groups is 1. The van der Waals surface area contributed by atoms with Gasteiger partial charge in [0.2, 0.25) is 0 Å². The highest BCUT2D eigenvalue weighted by atomic mass is 127. The van der Waals surface area contributed by atoms with Crippen LogP contribution in [0.4, 0.5) is 5.82 Å². The molecule has 9 heteroatoms. The molecule has 0 atom stereocenters. The summed E-state index contributed by atoms with van der Waals surface area (Å²) in [5.41, 5.74) is 2.17. The van der Waals surface area contributed by atoms with Crippen molar-refractivity contribution in [2.75, 3.05) is 33.1 Å². The number of aryl methyl sites for hydroxylation is 1. The number of anilines is 1. The Hall–Kier alpha value is -2.43. The highest BCUT2D eigenvalue weighted by molar-refractivity contribution is 14.0. The number of halogens is 1. The van der Waals surface area contributed by atoms with Gasteiger partial charge in [-0.2, -0.15) is 5.10 Å². The molecule has 2 heterocycles. The summed E-state index contributed by atoms with van der Waals surface area (Å²) in [6.07, 6.45) is 1.56. The van der Waals surface area contributed by atoms with Crippen LogP contribution in [0, 0.1) is 0 Å². The Balaban J connectivity index is 0.00000280. The second-order valence-electron chi connectivity index (χ2n) is 6.61. The first-order chi connectivity index (χ1) is 13.0. The molecule has 28 heavy (non-hydrogen) atoms.